The Balaban J connectivity index is 2.25. The van der Waals surface area contributed by atoms with Crippen molar-refractivity contribution in [1.82, 2.24) is 15.4 Å². The topological polar surface area (TPSA) is 87.3 Å². The van der Waals surface area contributed by atoms with Crippen LogP contribution in [0.1, 0.15) is 32.6 Å². The molecule has 0 aromatic heterocycles. The summed E-state index contributed by atoms with van der Waals surface area (Å²) in [6, 6.07) is 0. The van der Waals surface area contributed by atoms with E-state index in [1.54, 1.807) is 0 Å². The van der Waals surface area contributed by atoms with Gasteiger partial charge in [-0.1, -0.05) is 6.92 Å². The summed E-state index contributed by atoms with van der Waals surface area (Å²) in [5.74, 6) is 0.0295. The maximum absolute atomic E-state index is 12.0. The minimum absolute atomic E-state index is 0.0295. The molecule has 1 unspecified atom stereocenters. The Morgan fingerprint density at radius 3 is 2.61 bits per heavy atom. The molecule has 1 rings (SSSR count). The van der Waals surface area contributed by atoms with Crippen LogP contribution < -0.4 is 15.4 Å². The zero-order valence-corrected chi connectivity index (χ0v) is 11.9. The zero-order chi connectivity index (χ0) is 13.6. The molecule has 18 heavy (non-hydrogen) atoms. The summed E-state index contributed by atoms with van der Waals surface area (Å²) in [6.45, 7) is 3.73. The monoisotopic (exact) mass is 277 g/mol. The van der Waals surface area contributed by atoms with Crippen LogP contribution in [-0.2, 0) is 14.8 Å². The highest BCUT2D eigenvalue weighted by molar-refractivity contribution is 7.88. The summed E-state index contributed by atoms with van der Waals surface area (Å²) >= 11 is 0. The van der Waals surface area contributed by atoms with Gasteiger partial charge in [-0.25, -0.2) is 13.1 Å². The Bertz CT molecular complexity index is 375. The van der Waals surface area contributed by atoms with Crippen LogP contribution in [0.3, 0.4) is 0 Å². The zero-order valence-electron chi connectivity index (χ0n) is 11.1. The Kier molecular flexibility index (Phi) is 5.55. The predicted molar refractivity (Wildman–Crippen MR) is 70.7 cm³/mol. The van der Waals surface area contributed by atoms with Crippen molar-refractivity contribution < 1.29 is 13.2 Å². The maximum atomic E-state index is 12.0. The smallest absolute Gasteiger partial charge is 0.240 e. The Morgan fingerprint density at radius 1 is 1.39 bits per heavy atom. The van der Waals surface area contributed by atoms with E-state index in [2.05, 4.69) is 15.4 Å². The third-order valence-corrected chi connectivity index (χ3v) is 4.01. The lowest BCUT2D eigenvalue weighted by atomic mass is 9.93. The van der Waals surface area contributed by atoms with Crippen LogP contribution in [0.25, 0.3) is 0 Å². The van der Waals surface area contributed by atoms with Crippen LogP contribution in [0, 0.1) is 0 Å². The van der Waals surface area contributed by atoms with Gasteiger partial charge in [0.2, 0.25) is 15.9 Å². The minimum Gasteiger partial charge on any atom is -0.354 e. The van der Waals surface area contributed by atoms with Crippen molar-refractivity contribution in [2.24, 2.45) is 0 Å². The highest BCUT2D eigenvalue weighted by atomic mass is 32.2. The molecule has 3 N–H and O–H groups in total. The van der Waals surface area contributed by atoms with Crippen molar-refractivity contribution in [1.29, 1.82) is 0 Å². The summed E-state index contributed by atoms with van der Waals surface area (Å²) in [5, 5.41) is 6.13. The number of carbonyl (C=O) groups is 1. The summed E-state index contributed by atoms with van der Waals surface area (Å²) in [6.07, 6.45) is 4.40. The Labute approximate surface area is 109 Å². The van der Waals surface area contributed by atoms with E-state index >= 15 is 0 Å². The van der Waals surface area contributed by atoms with Gasteiger partial charge in [-0.15, -0.1) is 0 Å². The molecule has 1 aliphatic heterocycles. The number of sulfonamides is 1. The fraction of sp³-hybridized carbons (Fsp3) is 0.909. The molecular weight excluding hydrogens is 254 g/mol. The van der Waals surface area contributed by atoms with Crippen LogP contribution in [0.15, 0.2) is 0 Å². The van der Waals surface area contributed by atoms with Crippen molar-refractivity contribution in [2.45, 2.75) is 38.1 Å². The number of rotatable bonds is 7. The lowest BCUT2D eigenvalue weighted by Crippen LogP contribution is -2.53. The first-order valence-electron chi connectivity index (χ1n) is 6.37. The van der Waals surface area contributed by atoms with Gasteiger partial charge in [0.05, 0.1) is 11.8 Å². The highest BCUT2D eigenvalue weighted by Gasteiger charge is 2.38. The van der Waals surface area contributed by atoms with E-state index in [1.165, 1.54) is 0 Å². The lowest BCUT2D eigenvalue weighted by Gasteiger charge is -2.26. The van der Waals surface area contributed by atoms with Gasteiger partial charge in [0.25, 0.3) is 0 Å². The largest absolute Gasteiger partial charge is 0.354 e. The first kappa shape index (κ1) is 15.4. The van der Waals surface area contributed by atoms with E-state index in [0.29, 0.717) is 19.5 Å². The van der Waals surface area contributed by atoms with E-state index in [0.717, 1.165) is 32.1 Å². The molecule has 0 aliphatic carbocycles. The van der Waals surface area contributed by atoms with Crippen molar-refractivity contribution in [3.8, 4) is 0 Å². The summed E-state index contributed by atoms with van der Waals surface area (Å²) in [7, 11) is -3.13. The van der Waals surface area contributed by atoms with Crippen LogP contribution in [0.5, 0.6) is 0 Å². The van der Waals surface area contributed by atoms with Gasteiger partial charge in [-0.2, -0.15) is 0 Å². The van der Waals surface area contributed by atoms with Gasteiger partial charge in [-0.3, -0.25) is 4.79 Å². The van der Waals surface area contributed by atoms with E-state index < -0.39 is 15.6 Å². The fourth-order valence-electron chi connectivity index (χ4n) is 2.18. The van der Waals surface area contributed by atoms with Crippen LogP contribution in [0.4, 0.5) is 0 Å². The molecule has 6 nitrogen and oxygen atoms in total. The van der Waals surface area contributed by atoms with Crippen molar-refractivity contribution >= 4 is 15.9 Å². The highest BCUT2D eigenvalue weighted by Crippen LogP contribution is 2.22. The normalized spacial score (nSPS) is 24.1. The molecule has 0 saturated carbocycles. The quantitative estimate of drug-likeness (QED) is 0.551. The average molecular weight is 277 g/mol. The Morgan fingerprint density at radius 2 is 2.11 bits per heavy atom. The fourth-order valence-corrected chi connectivity index (χ4v) is 2.69. The average Bonchev–Trinajstić information content (AvgIpc) is 2.76. The molecule has 0 spiro atoms. The van der Waals surface area contributed by atoms with Gasteiger partial charge in [0.15, 0.2) is 0 Å². The Hall–Kier alpha value is -0.660. The summed E-state index contributed by atoms with van der Waals surface area (Å²) < 4.78 is 24.0. The number of nitrogens with one attached hydrogen (secondary N) is 3. The molecule has 106 valence electrons. The van der Waals surface area contributed by atoms with E-state index in [1.807, 2.05) is 6.92 Å². The first-order chi connectivity index (χ1) is 8.40. The molecule has 1 saturated heterocycles. The molecule has 1 amide bonds. The molecule has 0 bridgehead atoms. The standard InChI is InChI=1S/C11H23N3O3S/c1-3-11(6-4-8-13-11)10(15)12-7-5-9-14-18(2,16)17/h13-14H,3-9H2,1-2H3,(H,12,15). The number of hydrogen-bond donors (Lipinski definition) is 3. The van der Waals surface area contributed by atoms with E-state index in [9.17, 15) is 13.2 Å². The molecule has 0 aromatic rings. The van der Waals surface area contributed by atoms with Crippen LogP contribution in [-0.4, -0.2) is 45.8 Å². The van der Waals surface area contributed by atoms with E-state index in [4.69, 9.17) is 0 Å². The third kappa shape index (κ3) is 4.55. The molecule has 0 aromatic carbocycles. The summed E-state index contributed by atoms with van der Waals surface area (Å²) in [5.41, 5.74) is -0.412. The van der Waals surface area contributed by atoms with Gasteiger partial charge in [0, 0.05) is 13.1 Å². The van der Waals surface area contributed by atoms with Crippen molar-refractivity contribution in [2.75, 3.05) is 25.9 Å². The molecule has 1 atom stereocenters. The SMILES string of the molecule is CCC1(C(=O)NCCCNS(C)(=O)=O)CCCN1. The molecular formula is C11H23N3O3S. The van der Waals surface area contributed by atoms with Gasteiger partial charge >= 0.3 is 0 Å². The molecule has 1 aliphatic rings. The molecule has 1 heterocycles. The third-order valence-electron chi connectivity index (χ3n) is 3.29. The second-order valence-corrected chi connectivity index (χ2v) is 6.57. The second-order valence-electron chi connectivity index (χ2n) is 4.74. The predicted octanol–water partition coefficient (Wildman–Crippen LogP) is -0.426. The molecule has 7 heteroatoms. The van der Waals surface area contributed by atoms with Crippen LogP contribution in [0.2, 0.25) is 0 Å². The first-order valence-corrected chi connectivity index (χ1v) is 8.27. The van der Waals surface area contributed by atoms with Crippen molar-refractivity contribution in [3.05, 3.63) is 0 Å². The van der Waals surface area contributed by atoms with Crippen molar-refractivity contribution in [3.63, 3.8) is 0 Å². The molecule has 0 radical (unpaired) electrons. The maximum Gasteiger partial charge on any atom is 0.240 e. The molecule has 1 fully saturated rings. The van der Waals surface area contributed by atoms with Gasteiger partial charge in [-0.05, 0) is 32.2 Å². The number of carbonyl (C=O) groups excluding carboxylic acids is 1. The summed E-state index contributed by atoms with van der Waals surface area (Å²) in [4.78, 5) is 12.0. The van der Waals surface area contributed by atoms with Gasteiger partial charge < -0.3 is 10.6 Å². The lowest BCUT2D eigenvalue weighted by molar-refractivity contribution is -0.127. The number of hydrogen-bond acceptors (Lipinski definition) is 4. The minimum atomic E-state index is -3.13. The van der Waals surface area contributed by atoms with Crippen LogP contribution >= 0.6 is 0 Å². The van der Waals surface area contributed by atoms with E-state index in [-0.39, 0.29) is 5.91 Å². The number of amides is 1. The van der Waals surface area contributed by atoms with Gasteiger partial charge in [0.1, 0.15) is 0 Å². The second kappa shape index (κ2) is 6.49.